The number of urea groups is 1. The molecule has 0 saturated carbocycles. The van der Waals surface area contributed by atoms with Crippen LogP contribution in [-0.4, -0.2) is 25.5 Å². The number of amides is 2. The molecule has 2 rings (SSSR count). The number of sulfonamides is 1. The van der Waals surface area contributed by atoms with E-state index in [9.17, 15) is 13.2 Å². The zero-order valence-electron chi connectivity index (χ0n) is 12.3. The minimum atomic E-state index is -3.88. The highest BCUT2D eigenvalue weighted by atomic mass is 32.2. The monoisotopic (exact) mass is 309 g/mol. The van der Waals surface area contributed by atoms with Crippen molar-refractivity contribution in [1.29, 1.82) is 0 Å². The van der Waals surface area contributed by atoms with E-state index in [1.54, 1.807) is 31.3 Å². The van der Waals surface area contributed by atoms with E-state index in [0.717, 1.165) is 12.0 Å². The molecule has 2 N–H and O–H groups in total. The van der Waals surface area contributed by atoms with Crippen molar-refractivity contribution in [3.63, 3.8) is 0 Å². The van der Waals surface area contributed by atoms with Crippen LogP contribution in [0.4, 0.5) is 4.79 Å². The summed E-state index contributed by atoms with van der Waals surface area (Å²) in [5.74, 6) is 0. The molecule has 1 unspecified atom stereocenters. The number of carbonyl (C=O) groups is 1. The fourth-order valence-corrected chi connectivity index (χ4v) is 3.45. The number of nitrogens with zero attached hydrogens (tertiary/aromatic N) is 1. The SMILES string of the molecule is CCC1=CNN(C(=O)NS(=O)(=O)c2ccccc2C)C1C. The first-order valence-corrected chi connectivity index (χ1v) is 8.22. The lowest BCUT2D eigenvalue weighted by atomic mass is 10.1. The van der Waals surface area contributed by atoms with E-state index in [1.807, 2.05) is 13.8 Å². The summed E-state index contributed by atoms with van der Waals surface area (Å²) in [4.78, 5) is 12.3. The summed E-state index contributed by atoms with van der Waals surface area (Å²) in [6.45, 7) is 5.51. The highest BCUT2D eigenvalue weighted by molar-refractivity contribution is 7.90. The maximum atomic E-state index is 12.3. The Labute approximate surface area is 124 Å². The normalized spacial score (nSPS) is 18.1. The average Bonchev–Trinajstić information content (AvgIpc) is 2.79. The molecule has 0 radical (unpaired) electrons. The number of nitrogens with one attached hydrogen (secondary N) is 2. The van der Waals surface area contributed by atoms with Crippen LogP contribution in [0.1, 0.15) is 25.8 Å². The zero-order valence-corrected chi connectivity index (χ0v) is 13.1. The largest absolute Gasteiger partial charge is 0.350 e. The first-order chi connectivity index (χ1) is 9.86. The summed E-state index contributed by atoms with van der Waals surface area (Å²) in [5, 5.41) is 1.27. The number of hydrazine groups is 1. The molecular formula is C14H19N3O3S. The van der Waals surface area contributed by atoms with Crippen molar-refractivity contribution in [2.24, 2.45) is 0 Å². The topological polar surface area (TPSA) is 78.5 Å². The molecule has 0 fully saturated rings. The van der Waals surface area contributed by atoms with E-state index in [4.69, 9.17) is 0 Å². The molecule has 114 valence electrons. The third kappa shape index (κ3) is 3.02. The van der Waals surface area contributed by atoms with Gasteiger partial charge in [-0.25, -0.2) is 22.9 Å². The fourth-order valence-electron chi connectivity index (χ4n) is 2.26. The third-order valence-corrected chi connectivity index (χ3v) is 5.03. The van der Waals surface area contributed by atoms with Gasteiger partial charge < -0.3 is 5.43 Å². The van der Waals surface area contributed by atoms with Crippen LogP contribution in [0.15, 0.2) is 40.9 Å². The van der Waals surface area contributed by atoms with Gasteiger partial charge in [-0.1, -0.05) is 25.1 Å². The van der Waals surface area contributed by atoms with Crippen LogP contribution >= 0.6 is 0 Å². The summed E-state index contributed by atoms with van der Waals surface area (Å²) >= 11 is 0. The molecule has 21 heavy (non-hydrogen) atoms. The van der Waals surface area contributed by atoms with Crippen LogP contribution in [0.3, 0.4) is 0 Å². The van der Waals surface area contributed by atoms with Gasteiger partial charge in [0.05, 0.1) is 10.9 Å². The van der Waals surface area contributed by atoms with Gasteiger partial charge in [0, 0.05) is 6.20 Å². The predicted molar refractivity (Wildman–Crippen MR) is 79.7 cm³/mol. The highest BCUT2D eigenvalue weighted by Crippen LogP contribution is 2.19. The van der Waals surface area contributed by atoms with E-state index in [0.29, 0.717) is 5.56 Å². The Morgan fingerprint density at radius 3 is 2.62 bits per heavy atom. The highest BCUT2D eigenvalue weighted by Gasteiger charge is 2.30. The minimum Gasteiger partial charge on any atom is -0.301 e. The van der Waals surface area contributed by atoms with Crippen LogP contribution in [-0.2, 0) is 10.0 Å². The van der Waals surface area contributed by atoms with E-state index in [1.165, 1.54) is 11.1 Å². The summed E-state index contributed by atoms with van der Waals surface area (Å²) in [6.07, 6.45) is 2.52. The molecule has 0 saturated heterocycles. The smallest absolute Gasteiger partial charge is 0.301 e. The van der Waals surface area contributed by atoms with Crippen molar-refractivity contribution >= 4 is 16.1 Å². The van der Waals surface area contributed by atoms with Crippen LogP contribution in [0, 0.1) is 6.92 Å². The van der Waals surface area contributed by atoms with E-state index >= 15 is 0 Å². The lowest BCUT2D eigenvalue weighted by Gasteiger charge is -2.23. The number of rotatable bonds is 3. The lowest BCUT2D eigenvalue weighted by molar-refractivity contribution is 0.182. The van der Waals surface area contributed by atoms with Crippen molar-refractivity contribution in [3.05, 3.63) is 41.6 Å². The summed E-state index contributed by atoms with van der Waals surface area (Å²) in [7, 11) is -3.88. The first-order valence-electron chi connectivity index (χ1n) is 6.73. The van der Waals surface area contributed by atoms with Crippen molar-refractivity contribution in [2.75, 3.05) is 0 Å². The Morgan fingerprint density at radius 1 is 1.38 bits per heavy atom. The van der Waals surface area contributed by atoms with Crippen LogP contribution in [0.25, 0.3) is 0 Å². The molecule has 1 heterocycles. The van der Waals surface area contributed by atoms with Gasteiger partial charge in [-0.3, -0.25) is 0 Å². The molecule has 0 bridgehead atoms. The van der Waals surface area contributed by atoms with Crippen LogP contribution in [0.2, 0.25) is 0 Å². The quantitative estimate of drug-likeness (QED) is 0.894. The standard InChI is InChI=1S/C14H19N3O3S/c1-4-12-9-15-17(11(12)3)14(18)16-21(19,20)13-8-6-5-7-10(13)2/h5-9,11,15H,4H2,1-3H3,(H,16,18). The Hall–Kier alpha value is -2.02. The van der Waals surface area contributed by atoms with E-state index in [-0.39, 0.29) is 10.9 Å². The third-order valence-electron chi connectivity index (χ3n) is 3.54. The molecule has 0 aliphatic carbocycles. The Bertz CT molecular complexity index is 682. The predicted octanol–water partition coefficient (Wildman–Crippen LogP) is 1.90. The molecule has 7 heteroatoms. The van der Waals surface area contributed by atoms with Crippen LogP contribution in [0.5, 0.6) is 0 Å². The molecule has 1 aromatic carbocycles. The molecular weight excluding hydrogens is 290 g/mol. The molecule has 6 nitrogen and oxygen atoms in total. The molecule has 1 atom stereocenters. The lowest BCUT2D eigenvalue weighted by Crippen LogP contribution is -2.49. The Morgan fingerprint density at radius 2 is 2.05 bits per heavy atom. The van der Waals surface area contributed by atoms with Crippen LogP contribution < -0.4 is 10.1 Å². The Balaban J connectivity index is 2.15. The summed E-state index contributed by atoms with van der Waals surface area (Å²) in [5.41, 5.74) is 4.42. The minimum absolute atomic E-state index is 0.105. The molecule has 0 spiro atoms. The molecule has 1 aromatic rings. The van der Waals surface area contributed by atoms with Gasteiger partial charge in [0.25, 0.3) is 10.0 Å². The van der Waals surface area contributed by atoms with Gasteiger partial charge in [0.1, 0.15) is 0 Å². The first kappa shape index (κ1) is 15.4. The number of hydrogen-bond donors (Lipinski definition) is 2. The van der Waals surface area contributed by atoms with E-state index < -0.39 is 16.1 Å². The molecule has 2 amide bonds. The average molecular weight is 309 g/mol. The van der Waals surface area contributed by atoms with Gasteiger partial charge in [0.15, 0.2) is 0 Å². The van der Waals surface area contributed by atoms with Crippen molar-refractivity contribution in [1.82, 2.24) is 15.2 Å². The fraction of sp³-hybridized carbons (Fsp3) is 0.357. The molecule has 0 aromatic heterocycles. The second kappa shape index (κ2) is 5.77. The second-order valence-corrected chi connectivity index (χ2v) is 6.57. The molecule has 1 aliphatic heterocycles. The number of aryl methyl sites for hydroxylation is 1. The Kier molecular flexibility index (Phi) is 4.22. The van der Waals surface area contributed by atoms with Gasteiger partial charge in [-0.05, 0) is 37.5 Å². The van der Waals surface area contributed by atoms with Gasteiger partial charge in [0.2, 0.25) is 0 Å². The zero-order chi connectivity index (χ0) is 15.6. The summed E-state index contributed by atoms with van der Waals surface area (Å²) < 4.78 is 26.6. The van der Waals surface area contributed by atoms with Gasteiger partial charge >= 0.3 is 6.03 Å². The number of carbonyl (C=O) groups excluding carboxylic acids is 1. The van der Waals surface area contributed by atoms with Gasteiger partial charge in [-0.15, -0.1) is 0 Å². The maximum absolute atomic E-state index is 12.3. The van der Waals surface area contributed by atoms with E-state index in [2.05, 4.69) is 10.1 Å². The summed E-state index contributed by atoms with van der Waals surface area (Å²) in [6, 6.07) is 5.66. The van der Waals surface area contributed by atoms with Gasteiger partial charge in [-0.2, -0.15) is 0 Å². The number of hydrogen-bond acceptors (Lipinski definition) is 4. The molecule has 1 aliphatic rings. The van der Waals surface area contributed by atoms with Crippen molar-refractivity contribution < 1.29 is 13.2 Å². The maximum Gasteiger partial charge on any atom is 0.350 e. The number of benzene rings is 1. The second-order valence-electron chi connectivity index (χ2n) is 4.92. The van der Waals surface area contributed by atoms with Crippen molar-refractivity contribution in [2.45, 2.75) is 38.1 Å². The van der Waals surface area contributed by atoms with Crippen molar-refractivity contribution in [3.8, 4) is 0 Å².